The molecule has 2 heterocycles. The van der Waals surface area contributed by atoms with Gasteiger partial charge in [-0.15, -0.1) is 5.10 Å². The maximum Gasteiger partial charge on any atom is 0.410 e. The summed E-state index contributed by atoms with van der Waals surface area (Å²) in [6.07, 6.45) is 4.31. The predicted octanol–water partition coefficient (Wildman–Crippen LogP) is 5.13. The van der Waals surface area contributed by atoms with Crippen molar-refractivity contribution in [2.45, 2.75) is 51.4 Å². The normalized spacial score (nSPS) is 22.9. The van der Waals surface area contributed by atoms with Crippen molar-refractivity contribution in [2.24, 2.45) is 13.0 Å². The standard InChI is InChI=1S/C26H30N4O3/c1-18-7-6-10-22(15-18)32-21-13-11-20(12-14-21)24-25(29(2)28-27-24)23-17-30(26(31)33-23)16-19-8-4-3-5-9-19/h3-5,8-9,11-14,18,22-23H,6-7,10,15-17H2,1-2H3/t18-,22-,23?/m0/s1. The number of rotatable bonds is 6. The molecule has 0 N–H and O–H groups in total. The first-order valence-corrected chi connectivity index (χ1v) is 11.7. The zero-order valence-corrected chi connectivity index (χ0v) is 19.2. The van der Waals surface area contributed by atoms with Crippen molar-refractivity contribution in [3.63, 3.8) is 0 Å². The second-order valence-corrected chi connectivity index (χ2v) is 9.22. The lowest BCUT2D eigenvalue weighted by Gasteiger charge is -2.27. The van der Waals surface area contributed by atoms with E-state index in [0.717, 1.165) is 47.0 Å². The molecule has 3 atom stereocenters. The molecule has 172 valence electrons. The van der Waals surface area contributed by atoms with Gasteiger partial charge in [-0.3, -0.25) is 4.90 Å². The fraction of sp³-hybridized carbons (Fsp3) is 0.423. The maximum absolute atomic E-state index is 12.5. The monoisotopic (exact) mass is 446 g/mol. The topological polar surface area (TPSA) is 69.5 Å². The zero-order valence-electron chi connectivity index (χ0n) is 19.2. The minimum absolute atomic E-state index is 0.292. The Kier molecular flexibility index (Phi) is 6.03. The third-order valence-corrected chi connectivity index (χ3v) is 6.60. The number of benzene rings is 2. The molecule has 33 heavy (non-hydrogen) atoms. The molecule has 1 aromatic heterocycles. The molecule has 0 radical (unpaired) electrons. The number of aromatic nitrogens is 3. The van der Waals surface area contributed by atoms with Crippen LogP contribution >= 0.6 is 0 Å². The summed E-state index contributed by atoms with van der Waals surface area (Å²) in [5, 5.41) is 8.60. The van der Waals surface area contributed by atoms with Crippen molar-refractivity contribution in [1.82, 2.24) is 19.9 Å². The smallest absolute Gasteiger partial charge is 0.410 e. The second-order valence-electron chi connectivity index (χ2n) is 9.22. The second kappa shape index (κ2) is 9.25. The molecule has 1 saturated carbocycles. The number of nitrogens with zero attached hydrogens (tertiary/aromatic N) is 4. The van der Waals surface area contributed by atoms with Crippen LogP contribution in [0.2, 0.25) is 0 Å². The van der Waals surface area contributed by atoms with E-state index in [4.69, 9.17) is 9.47 Å². The first kappa shape index (κ1) is 21.5. The lowest BCUT2D eigenvalue weighted by atomic mass is 9.89. The molecule has 3 aromatic rings. The van der Waals surface area contributed by atoms with Crippen molar-refractivity contribution >= 4 is 6.09 Å². The van der Waals surface area contributed by atoms with Gasteiger partial charge in [-0.1, -0.05) is 48.9 Å². The van der Waals surface area contributed by atoms with Crippen LogP contribution in [0.1, 0.15) is 50.0 Å². The van der Waals surface area contributed by atoms with Crippen LogP contribution < -0.4 is 4.74 Å². The molecule has 2 aliphatic rings. The largest absolute Gasteiger partial charge is 0.490 e. The van der Waals surface area contributed by atoms with Crippen LogP contribution in [0.15, 0.2) is 54.6 Å². The Labute approximate surface area is 194 Å². The van der Waals surface area contributed by atoms with Crippen molar-refractivity contribution in [3.05, 3.63) is 65.9 Å². The van der Waals surface area contributed by atoms with E-state index in [2.05, 4.69) is 17.2 Å². The average molecular weight is 447 g/mol. The Morgan fingerprint density at radius 3 is 2.64 bits per heavy atom. The Bertz CT molecular complexity index is 1100. The number of hydrogen-bond acceptors (Lipinski definition) is 5. The van der Waals surface area contributed by atoms with Crippen molar-refractivity contribution < 1.29 is 14.3 Å². The van der Waals surface area contributed by atoms with E-state index in [1.54, 1.807) is 9.58 Å². The van der Waals surface area contributed by atoms with Gasteiger partial charge in [-0.05, 0) is 55.0 Å². The highest BCUT2D eigenvalue weighted by Gasteiger charge is 2.36. The number of carbonyl (C=O) groups is 1. The molecule has 5 rings (SSSR count). The van der Waals surface area contributed by atoms with Gasteiger partial charge < -0.3 is 9.47 Å². The molecule has 7 nitrogen and oxygen atoms in total. The Morgan fingerprint density at radius 1 is 1.09 bits per heavy atom. The Balaban J connectivity index is 1.30. The van der Waals surface area contributed by atoms with Gasteiger partial charge in [0, 0.05) is 19.2 Å². The lowest BCUT2D eigenvalue weighted by molar-refractivity contribution is 0.129. The lowest BCUT2D eigenvalue weighted by Crippen LogP contribution is -2.24. The van der Waals surface area contributed by atoms with Crippen molar-refractivity contribution in [3.8, 4) is 17.0 Å². The predicted molar refractivity (Wildman–Crippen MR) is 125 cm³/mol. The molecule has 1 saturated heterocycles. The van der Waals surface area contributed by atoms with Crippen LogP contribution in [0.25, 0.3) is 11.3 Å². The minimum Gasteiger partial charge on any atom is -0.490 e. The fourth-order valence-electron chi connectivity index (χ4n) is 4.88. The number of ether oxygens (including phenoxy) is 2. The third-order valence-electron chi connectivity index (χ3n) is 6.60. The van der Waals surface area contributed by atoms with Gasteiger partial charge in [-0.25, -0.2) is 9.48 Å². The third kappa shape index (κ3) is 4.72. The van der Waals surface area contributed by atoms with Gasteiger partial charge in [0.1, 0.15) is 17.1 Å². The van der Waals surface area contributed by atoms with Crippen LogP contribution in [-0.4, -0.2) is 38.6 Å². The molecule has 7 heteroatoms. The molecule has 1 aliphatic carbocycles. The van der Waals surface area contributed by atoms with Crippen LogP contribution in [0.5, 0.6) is 5.75 Å². The summed E-state index contributed by atoms with van der Waals surface area (Å²) in [6.45, 7) is 3.27. The maximum atomic E-state index is 12.5. The van der Waals surface area contributed by atoms with E-state index in [1.807, 2.05) is 61.6 Å². The van der Waals surface area contributed by atoms with Gasteiger partial charge >= 0.3 is 6.09 Å². The van der Waals surface area contributed by atoms with E-state index in [1.165, 1.54) is 12.8 Å². The molecule has 1 amide bonds. The molecule has 0 spiro atoms. The number of aryl methyl sites for hydroxylation is 1. The molecule has 1 aliphatic heterocycles. The van der Waals surface area contributed by atoms with E-state index < -0.39 is 6.10 Å². The van der Waals surface area contributed by atoms with Gasteiger partial charge in [-0.2, -0.15) is 0 Å². The molecule has 1 unspecified atom stereocenters. The first-order chi connectivity index (χ1) is 16.1. The average Bonchev–Trinajstić information content (AvgIpc) is 3.37. The molecule has 2 fully saturated rings. The zero-order chi connectivity index (χ0) is 22.8. The minimum atomic E-state index is -0.420. The highest BCUT2D eigenvalue weighted by Crippen LogP contribution is 2.34. The SMILES string of the molecule is C[C@H]1CCC[C@H](Oc2ccc(-c3nnn(C)c3C3CN(Cc4ccccc4)C(=O)O3)cc2)C1. The van der Waals surface area contributed by atoms with Crippen molar-refractivity contribution in [2.75, 3.05) is 6.54 Å². The van der Waals surface area contributed by atoms with E-state index in [9.17, 15) is 4.79 Å². The fourth-order valence-corrected chi connectivity index (χ4v) is 4.88. The molecule has 2 aromatic carbocycles. The van der Waals surface area contributed by atoms with Crippen molar-refractivity contribution in [1.29, 1.82) is 0 Å². The highest BCUT2D eigenvalue weighted by atomic mass is 16.6. The number of hydrogen-bond donors (Lipinski definition) is 0. The molecular weight excluding hydrogens is 416 g/mol. The van der Waals surface area contributed by atoms with Crippen LogP contribution in [-0.2, 0) is 18.3 Å². The summed E-state index contributed by atoms with van der Waals surface area (Å²) in [6, 6.07) is 17.9. The quantitative estimate of drug-likeness (QED) is 0.525. The van der Waals surface area contributed by atoms with E-state index in [0.29, 0.717) is 19.2 Å². The summed E-state index contributed by atoms with van der Waals surface area (Å²) < 4.78 is 13.7. The number of amides is 1. The summed E-state index contributed by atoms with van der Waals surface area (Å²) in [5.74, 6) is 1.60. The van der Waals surface area contributed by atoms with Gasteiger partial charge in [0.2, 0.25) is 0 Å². The van der Waals surface area contributed by atoms with E-state index >= 15 is 0 Å². The van der Waals surface area contributed by atoms with Crippen LogP contribution in [0.4, 0.5) is 4.79 Å². The van der Waals surface area contributed by atoms with Crippen LogP contribution in [0, 0.1) is 5.92 Å². The summed E-state index contributed by atoms with van der Waals surface area (Å²) >= 11 is 0. The Hall–Kier alpha value is -3.35. The van der Waals surface area contributed by atoms with Gasteiger partial charge in [0.15, 0.2) is 6.10 Å². The van der Waals surface area contributed by atoms with E-state index in [-0.39, 0.29) is 6.09 Å². The number of cyclic esters (lactones) is 1. The van der Waals surface area contributed by atoms with Gasteiger partial charge in [0.25, 0.3) is 0 Å². The molecular formula is C26H30N4O3. The highest BCUT2D eigenvalue weighted by molar-refractivity contribution is 5.71. The summed E-state index contributed by atoms with van der Waals surface area (Å²) in [4.78, 5) is 14.3. The number of carbonyl (C=O) groups excluding carboxylic acids is 1. The summed E-state index contributed by atoms with van der Waals surface area (Å²) in [5.41, 5.74) is 3.53. The molecule has 0 bridgehead atoms. The summed E-state index contributed by atoms with van der Waals surface area (Å²) in [7, 11) is 1.83. The van der Waals surface area contributed by atoms with Crippen LogP contribution in [0.3, 0.4) is 0 Å². The first-order valence-electron chi connectivity index (χ1n) is 11.7. The Morgan fingerprint density at radius 2 is 1.88 bits per heavy atom. The van der Waals surface area contributed by atoms with Gasteiger partial charge in [0.05, 0.1) is 12.6 Å².